The van der Waals surface area contributed by atoms with Crippen LogP contribution in [0.1, 0.15) is 16.2 Å². The predicted octanol–water partition coefficient (Wildman–Crippen LogP) is 1.80. The highest BCUT2D eigenvalue weighted by molar-refractivity contribution is 5.93. The Kier molecular flexibility index (Phi) is 5.63. The zero-order chi connectivity index (χ0) is 17.3. The average Bonchev–Trinajstić information content (AvgIpc) is 2.90. The number of nitrogens with one attached hydrogen (secondary N) is 2. The Hall–Kier alpha value is -2.20. The normalized spacial score (nSPS) is 14.6. The lowest BCUT2D eigenvalue weighted by atomic mass is 10.0. The molecule has 1 aromatic carbocycles. The van der Waals surface area contributed by atoms with E-state index < -0.39 is 35.0 Å². The van der Waals surface area contributed by atoms with E-state index in [1.807, 2.05) is 0 Å². The topological polar surface area (TPSA) is 71.8 Å². The van der Waals surface area contributed by atoms with E-state index in [0.29, 0.717) is 17.8 Å². The van der Waals surface area contributed by atoms with E-state index in [1.54, 1.807) is 0 Å². The molecule has 1 aromatic heterocycles. The summed E-state index contributed by atoms with van der Waals surface area (Å²) in [7, 11) is 0. The molecule has 11 heteroatoms. The van der Waals surface area contributed by atoms with E-state index >= 15 is 0 Å². The number of rotatable bonds is 4. The van der Waals surface area contributed by atoms with Crippen LogP contribution in [0.2, 0.25) is 0 Å². The lowest BCUT2D eigenvalue weighted by Gasteiger charge is -2.26. The lowest BCUT2D eigenvalue weighted by Crippen LogP contribution is -2.48. The summed E-state index contributed by atoms with van der Waals surface area (Å²) in [5.41, 5.74) is -2.71. The van der Waals surface area contributed by atoms with Crippen LogP contribution in [0.4, 0.5) is 17.6 Å². The molecule has 1 fully saturated rings. The summed E-state index contributed by atoms with van der Waals surface area (Å²) >= 11 is 0. The number of nitrogens with zero attached hydrogens (tertiary/aromatic N) is 3. The van der Waals surface area contributed by atoms with Crippen LogP contribution < -0.4 is 10.6 Å². The van der Waals surface area contributed by atoms with Crippen LogP contribution in [-0.2, 0) is 6.18 Å². The SMILES string of the molecule is Cl.O=C(NCC1CNC1)c1nnn(-c2ccccc2F)c1C(F)(F)F. The number of hydrogen-bond acceptors (Lipinski definition) is 4. The monoisotopic (exact) mass is 379 g/mol. The minimum absolute atomic E-state index is 0. The van der Waals surface area contributed by atoms with Crippen LogP contribution >= 0.6 is 12.4 Å². The van der Waals surface area contributed by atoms with E-state index in [0.717, 1.165) is 12.1 Å². The fourth-order valence-corrected chi connectivity index (χ4v) is 2.29. The van der Waals surface area contributed by atoms with Gasteiger partial charge in [0.2, 0.25) is 0 Å². The summed E-state index contributed by atoms with van der Waals surface area (Å²) in [6.45, 7) is 1.61. The molecule has 2 N–H and O–H groups in total. The molecular weight excluding hydrogens is 366 g/mol. The lowest BCUT2D eigenvalue weighted by molar-refractivity contribution is -0.143. The molecule has 0 atom stereocenters. The highest BCUT2D eigenvalue weighted by atomic mass is 35.5. The number of alkyl halides is 3. The summed E-state index contributed by atoms with van der Waals surface area (Å²) in [6, 6.07) is 4.83. The predicted molar refractivity (Wildman–Crippen MR) is 82.3 cm³/mol. The molecule has 25 heavy (non-hydrogen) atoms. The van der Waals surface area contributed by atoms with Gasteiger partial charge in [-0.3, -0.25) is 4.79 Å². The van der Waals surface area contributed by atoms with Crippen molar-refractivity contribution in [2.24, 2.45) is 5.92 Å². The van der Waals surface area contributed by atoms with Gasteiger partial charge < -0.3 is 10.6 Å². The molecule has 0 radical (unpaired) electrons. The number of carbonyl (C=O) groups excluding carboxylic acids is 1. The van der Waals surface area contributed by atoms with Crippen molar-refractivity contribution in [1.29, 1.82) is 0 Å². The Bertz CT molecular complexity index is 760. The number of carbonyl (C=O) groups is 1. The number of amides is 1. The molecule has 1 saturated heterocycles. The van der Waals surface area contributed by atoms with Crippen molar-refractivity contribution >= 4 is 18.3 Å². The van der Waals surface area contributed by atoms with Crippen molar-refractivity contribution in [3.63, 3.8) is 0 Å². The molecule has 1 aliphatic rings. The van der Waals surface area contributed by atoms with Gasteiger partial charge in [-0.05, 0) is 12.1 Å². The van der Waals surface area contributed by atoms with Crippen LogP contribution in [0.3, 0.4) is 0 Å². The van der Waals surface area contributed by atoms with E-state index in [2.05, 4.69) is 20.9 Å². The molecule has 2 heterocycles. The molecule has 0 unspecified atom stereocenters. The van der Waals surface area contributed by atoms with Crippen LogP contribution in [0.5, 0.6) is 0 Å². The fraction of sp³-hybridized carbons (Fsp3) is 0.357. The van der Waals surface area contributed by atoms with Crippen molar-refractivity contribution < 1.29 is 22.4 Å². The average molecular weight is 380 g/mol. The van der Waals surface area contributed by atoms with Gasteiger partial charge >= 0.3 is 6.18 Å². The van der Waals surface area contributed by atoms with E-state index in [9.17, 15) is 22.4 Å². The minimum Gasteiger partial charge on any atom is -0.350 e. The van der Waals surface area contributed by atoms with Gasteiger partial charge in [0.1, 0.15) is 11.5 Å². The van der Waals surface area contributed by atoms with Crippen molar-refractivity contribution in [2.75, 3.05) is 19.6 Å². The van der Waals surface area contributed by atoms with Gasteiger partial charge in [0, 0.05) is 25.6 Å². The Morgan fingerprint density at radius 1 is 1.32 bits per heavy atom. The zero-order valence-electron chi connectivity index (χ0n) is 12.7. The summed E-state index contributed by atoms with van der Waals surface area (Å²) in [4.78, 5) is 12.0. The number of aromatic nitrogens is 3. The van der Waals surface area contributed by atoms with Gasteiger partial charge in [0.25, 0.3) is 5.91 Å². The van der Waals surface area contributed by atoms with Crippen LogP contribution in [0, 0.1) is 11.7 Å². The maximum absolute atomic E-state index is 13.8. The first-order valence-corrected chi connectivity index (χ1v) is 7.14. The van der Waals surface area contributed by atoms with Crippen molar-refractivity contribution in [2.45, 2.75) is 6.18 Å². The minimum atomic E-state index is -4.92. The van der Waals surface area contributed by atoms with Crippen LogP contribution in [0.25, 0.3) is 5.69 Å². The summed E-state index contributed by atoms with van der Waals surface area (Å²) in [6.07, 6.45) is -4.92. The fourth-order valence-electron chi connectivity index (χ4n) is 2.29. The van der Waals surface area contributed by atoms with E-state index in [1.165, 1.54) is 12.1 Å². The van der Waals surface area contributed by atoms with Gasteiger partial charge in [-0.25, -0.2) is 9.07 Å². The molecule has 0 bridgehead atoms. The smallest absolute Gasteiger partial charge is 0.350 e. The number of benzene rings is 1. The molecule has 0 spiro atoms. The van der Waals surface area contributed by atoms with Gasteiger partial charge in [-0.1, -0.05) is 17.3 Å². The van der Waals surface area contributed by atoms with Gasteiger partial charge in [-0.2, -0.15) is 13.2 Å². The zero-order valence-corrected chi connectivity index (χ0v) is 13.5. The second-order valence-electron chi connectivity index (χ2n) is 5.38. The molecule has 1 amide bonds. The standard InChI is InChI=1S/C14H13F4N5O.ClH/c15-9-3-1-2-4-10(9)23-12(14(16,17)18)11(21-22-23)13(24)20-7-8-5-19-6-8;/h1-4,8,19H,5-7H2,(H,20,24);1H. The molecule has 2 aromatic rings. The van der Waals surface area contributed by atoms with Crippen LogP contribution in [-0.4, -0.2) is 40.5 Å². The van der Waals surface area contributed by atoms with Crippen molar-refractivity contribution in [3.8, 4) is 5.69 Å². The Morgan fingerprint density at radius 2 is 2.00 bits per heavy atom. The van der Waals surface area contributed by atoms with E-state index in [4.69, 9.17) is 0 Å². The highest BCUT2D eigenvalue weighted by Gasteiger charge is 2.42. The summed E-state index contributed by atoms with van der Waals surface area (Å²) in [5.74, 6) is -1.72. The van der Waals surface area contributed by atoms with Crippen LogP contribution in [0.15, 0.2) is 24.3 Å². The third-order valence-electron chi connectivity index (χ3n) is 3.65. The quantitative estimate of drug-likeness (QED) is 0.795. The Morgan fingerprint density at radius 3 is 2.56 bits per heavy atom. The second-order valence-corrected chi connectivity index (χ2v) is 5.38. The summed E-state index contributed by atoms with van der Waals surface area (Å²) in [5, 5.41) is 12.0. The van der Waals surface area contributed by atoms with Gasteiger partial charge in [0.05, 0.1) is 0 Å². The Balaban J connectivity index is 0.00000225. The third kappa shape index (κ3) is 3.90. The number of para-hydroxylation sites is 1. The molecule has 1 aliphatic heterocycles. The van der Waals surface area contributed by atoms with Gasteiger partial charge in [0.15, 0.2) is 11.4 Å². The third-order valence-corrected chi connectivity index (χ3v) is 3.65. The second kappa shape index (κ2) is 7.36. The van der Waals surface area contributed by atoms with Gasteiger partial charge in [-0.15, -0.1) is 17.5 Å². The first-order chi connectivity index (χ1) is 11.4. The largest absolute Gasteiger partial charge is 0.435 e. The molecule has 136 valence electrons. The Labute approximate surface area is 146 Å². The molecule has 6 nitrogen and oxygen atoms in total. The molecule has 3 rings (SSSR count). The first kappa shape index (κ1) is 19.1. The molecule has 0 saturated carbocycles. The number of halogens is 5. The maximum atomic E-state index is 13.8. The maximum Gasteiger partial charge on any atom is 0.435 e. The first-order valence-electron chi connectivity index (χ1n) is 7.14. The van der Waals surface area contributed by atoms with E-state index in [-0.39, 0.29) is 24.9 Å². The molecular formula is C14H14ClF4N5O. The summed E-state index contributed by atoms with van der Waals surface area (Å²) < 4.78 is 54.2. The molecule has 0 aliphatic carbocycles. The number of hydrogen-bond donors (Lipinski definition) is 2. The van der Waals surface area contributed by atoms with Crippen molar-refractivity contribution in [3.05, 3.63) is 41.5 Å². The van der Waals surface area contributed by atoms with Crippen molar-refractivity contribution in [1.82, 2.24) is 25.6 Å². The highest BCUT2D eigenvalue weighted by Crippen LogP contribution is 2.33.